The van der Waals surface area contributed by atoms with Crippen molar-refractivity contribution in [3.63, 3.8) is 0 Å². The van der Waals surface area contributed by atoms with E-state index in [0.29, 0.717) is 6.04 Å². The lowest BCUT2D eigenvalue weighted by atomic mass is 9.98. The highest BCUT2D eigenvalue weighted by Crippen LogP contribution is 2.36. The fourth-order valence-corrected chi connectivity index (χ4v) is 3.37. The highest BCUT2D eigenvalue weighted by Gasteiger charge is 2.20. The van der Waals surface area contributed by atoms with Gasteiger partial charge in [-0.3, -0.25) is 0 Å². The molecule has 0 radical (unpaired) electrons. The monoisotopic (exact) mass is 311 g/mol. The van der Waals surface area contributed by atoms with Gasteiger partial charge in [-0.05, 0) is 56.0 Å². The second-order valence-electron chi connectivity index (χ2n) is 4.76. The molecule has 18 heavy (non-hydrogen) atoms. The summed E-state index contributed by atoms with van der Waals surface area (Å²) < 4.78 is 6.86. The first-order valence-electron chi connectivity index (χ1n) is 6.94. The maximum atomic E-state index is 5.66. The molecular formula is C15H22BrNO. The van der Waals surface area contributed by atoms with E-state index < -0.39 is 0 Å². The maximum absolute atomic E-state index is 5.66. The van der Waals surface area contributed by atoms with Gasteiger partial charge in [0, 0.05) is 10.5 Å². The van der Waals surface area contributed by atoms with Crippen molar-refractivity contribution in [2.24, 2.45) is 0 Å². The fraction of sp³-hybridized carbons (Fsp3) is 0.600. The van der Waals surface area contributed by atoms with Gasteiger partial charge < -0.3 is 10.1 Å². The van der Waals surface area contributed by atoms with E-state index in [-0.39, 0.29) is 0 Å². The van der Waals surface area contributed by atoms with E-state index in [0.717, 1.165) is 18.9 Å². The first-order valence-corrected chi connectivity index (χ1v) is 7.74. The molecule has 0 saturated heterocycles. The molecule has 100 valence electrons. The van der Waals surface area contributed by atoms with Crippen LogP contribution >= 0.6 is 15.9 Å². The molecule has 0 heterocycles. The lowest BCUT2D eigenvalue weighted by Gasteiger charge is -2.20. The first-order chi connectivity index (χ1) is 8.76. The zero-order valence-corrected chi connectivity index (χ0v) is 12.8. The molecule has 0 amide bonds. The SMILES string of the molecule is CCNC1CCCCc2c(Br)cc(OCC)cc21. The van der Waals surface area contributed by atoms with Crippen molar-refractivity contribution in [3.8, 4) is 5.75 Å². The molecule has 0 spiro atoms. The number of hydrogen-bond acceptors (Lipinski definition) is 2. The zero-order valence-electron chi connectivity index (χ0n) is 11.3. The standard InChI is InChI=1S/C15H22BrNO/c1-3-17-15-8-6-5-7-12-13(15)9-11(18-4-2)10-14(12)16/h9-10,15,17H,3-8H2,1-2H3. The molecule has 2 nitrogen and oxygen atoms in total. The predicted octanol–water partition coefficient (Wildman–Crippen LogP) is 4.22. The Labute approximate surface area is 118 Å². The average Bonchev–Trinajstić information content (AvgIpc) is 2.54. The summed E-state index contributed by atoms with van der Waals surface area (Å²) in [4.78, 5) is 0. The van der Waals surface area contributed by atoms with Gasteiger partial charge in [0.2, 0.25) is 0 Å². The number of fused-ring (bicyclic) bond motifs is 1. The van der Waals surface area contributed by atoms with Crippen molar-refractivity contribution in [1.82, 2.24) is 5.32 Å². The number of nitrogens with one attached hydrogen (secondary N) is 1. The third kappa shape index (κ3) is 3.07. The van der Waals surface area contributed by atoms with Crippen molar-refractivity contribution >= 4 is 15.9 Å². The van der Waals surface area contributed by atoms with E-state index >= 15 is 0 Å². The molecule has 2 rings (SSSR count). The Balaban J connectivity index is 2.39. The summed E-state index contributed by atoms with van der Waals surface area (Å²) in [6.45, 7) is 5.94. The summed E-state index contributed by atoms with van der Waals surface area (Å²) in [7, 11) is 0. The minimum atomic E-state index is 0.476. The van der Waals surface area contributed by atoms with Crippen LogP contribution < -0.4 is 10.1 Å². The Morgan fingerprint density at radius 1 is 1.33 bits per heavy atom. The molecule has 1 aliphatic rings. The van der Waals surface area contributed by atoms with Crippen LogP contribution in [0.25, 0.3) is 0 Å². The van der Waals surface area contributed by atoms with Crippen LogP contribution in [0.3, 0.4) is 0 Å². The van der Waals surface area contributed by atoms with Crippen molar-refractivity contribution in [3.05, 3.63) is 27.7 Å². The Bertz CT molecular complexity index is 406. The molecule has 1 unspecified atom stereocenters. The van der Waals surface area contributed by atoms with Gasteiger partial charge in [-0.15, -0.1) is 0 Å². The van der Waals surface area contributed by atoms with Crippen molar-refractivity contribution in [2.45, 2.75) is 45.6 Å². The van der Waals surface area contributed by atoms with Gasteiger partial charge in [0.15, 0.2) is 0 Å². The predicted molar refractivity (Wildman–Crippen MR) is 79.3 cm³/mol. The molecule has 3 heteroatoms. The van der Waals surface area contributed by atoms with Crippen LogP contribution in [0.5, 0.6) is 5.75 Å². The van der Waals surface area contributed by atoms with Gasteiger partial charge in [-0.1, -0.05) is 29.3 Å². The molecule has 1 aliphatic carbocycles. The van der Waals surface area contributed by atoms with E-state index in [1.807, 2.05) is 6.92 Å². The van der Waals surface area contributed by atoms with Gasteiger partial charge in [0.05, 0.1) is 6.61 Å². The van der Waals surface area contributed by atoms with Crippen LogP contribution in [-0.2, 0) is 6.42 Å². The van der Waals surface area contributed by atoms with Crippen LogP contribution in [0.4, 0.5) is 0 Å². The van der Waals surface area contributed by atoms with Gasteiger partial charge >= 0.3 is 0 Å². The van der Waals surface area contributed by atoms with E-state index in [1.165, 1.54) is 41.3 Å². The van der Waals surface area contributed by atoms with Gasteiger partial charge in [-0.25, -0.2) is 0 Å². The summed E-state index contributed by atoms with van der Waals surface area (Å²) in [5.74, 6) is 0.980. The number of benzene rings is 1. The molecule has 1 aromatic rings. The largest absolute Gasteiger partial charge is 0.494 e. The quantitative estimate of drug-likeness (QED) is 0.840. The first kappa shape index (κ1) is 13.9. The van der Waals surface area contributed by atoms with E-state index in [9.17, 15) is 0 Å². The normalized spacial score (nSPS) is 19.2. The Hall–Kier alpha value is -0.540. The summed E-state index contributed by atoms with van der Waals surface area (Å²) in [6.07, 6.45) is 4.97. The fourth-order valence-electron chi connectivity index (χ4n) is 2.72. The molecule has 1 aromatic carbocycles. The van der Waals surface area contributed by atoms with E-state index in [4.69, 9.17) is 4.74 Å². The molecule has 0 fully saturated rings. The van der Waals surface area contributed by atoms with Crippen LogP contribution in [-0.4, -0.2) is 13.2 Å². The van der Waals surface area contributed by atoms with E-state index in [2.05, 4.69) is 40.3 Å². The average molecular weight is 312 g/mol. The summed E-state index contributed by atoms with van der Waals surface area (Å²) in [5.41, 5.74) is 2.88. The highest BCUT2D eigenvalue weighted by atomic mass is 79.9. The van der Waals surface area contributed by atoms with Crippen LogP contribution in [0, 0.1) is 0 Å². The van der Waals surface area contributed by atoms with Gasteiger partial charge in [0.1, 0.15) is 5.75 Å². The third-order valence-electron chi connectivity index (χ3n) is 3.51. The Morgan fingerprint density at radius 2 is 2.17 bits per heavy atom. The molecule has 0 saturated carbocycles. The topological polar surface area (TPSA) is 21.3 Å². The summed E-state index contributed by atoms with van der Waals surface area (Å²) in [5, 5.41) is 3.60. The van der Waals surface area contributed by atoms with E-state index in [1.54, 1.807) is 0 Å². The molecule has 0 aliphatic heterocycles. The summed E-state index contributed by atoms with van der Waals surface area (Å²) in [6, 6.07) is 4.81. The molecule has 0 aromatic heterocycles. The lowest BCUT2D eigenvalue weighted by Crippen LogP contribution is -2.21. The second kappa shape index (κ2) is 6.58. The Morgan fingerprint density at radius 3 is 2.89 bits per heavy atom. The Kier molecular flexibility index (Phi) is 5.07. The number of hydrogen-bond donors (Lipinski definition) is 1. The lowest BCUT2D eigenvalue weighted by molar-refractivity contribution is 0.339. The van der Waals surface area contributed by atoms with Crippen molar-refractivity contribution < 1.29 is 4.74 Å². The minimum absolute atomic E-state index is 0.476. The maximum Gasteiger partial charge on any atom is 0.120 e. The number of ether oxygens (including phenoxy) is 1. The zero-order chi connectivity index (χ0) is 13.0. The van der Waals surface area contributed by atoms with Gasteiger partial charge in [0.25, 0.3) is 0 Å². The van der Waals surface area contributed by atoms with Crippen LogP contribution in [0.2, 0.25) is 0 Å². The summed E-state index contributed by atoms with van der Waals surface area (Å²) >= 11 is 3.71. The molecular weight excluding hydrogens is 290 g/mol. The highest BCUT2D eigenvalue weighted by molar-refractivity contribution is 9.10. The van der Waals surface area contributed by atoms with Crippen molar-refractivity contribution in [2.75, 3.05) is 13.2 Å². The number of halogens is 1. The van der Waals surface area contributed by atoms with Crippen LogP contribution in [0.15, 0.2) is 16.6 Å². The third-order valence-corrected chi connectivity index (χ3v) is 4.22. The van der Waals surface area contributed by atoms with Crippen LogP contribution in [0.1, 0.15) is 50.3 Å². The molecule has 1 atom stereocenters. The smallest absolute Gasteiger partial charge is 0.120 e. The van der Waals surface area contributed by atoms with Crippen molar-refractivity contribution in [1.29, 1.82) is 0 Å². The number of rotatable bonds is 4. The van der Waals surface area contributed by atoms with Gasteiger partial charge in [-0.2, -0.15) is 0 Å². The molecule has 0 bridgehead atoms. The second-order valence-corrected chi connectivity index (χ2v) is 5.62. The molecule has 1 N–H and O–H groups in total. The minimum Gasteiger partial charge on any atom is -0.494 e.